The molecule has 1 aliphatic heterocycles. The molecule has 1 aromatic carbocycles. The Bertz CT molecular complexity index is 657. The first kappa shape index (κ1) is 17.1. The van der Waals surface area contributed by atoms with Gasteiger partial charge in [0.15, 0.2) is 0 Å². The van der Waals surface area contributed by atoms with Gasteiger partial charge in [0.25, 0.3) is 0 Å². The second-order valence-corrected chi connectivity index (χ2v) is 6.90. The number of hydrogen-bond acceptors (Lipinski definition) is 3. The second kappa shape index (κ2) is 7.45. The Morgan fingerprint density at radius 3 is 2.33 bits per heavy atom. The van der Waals surface area contributed by atoms with Gasteiger partial charge >= 0.3 is 0 Å². The molecule has 0 unspecified atom stereocenters. The molecule has 1 aromatic heterocycles. The molecule has 5 heteroatoms. The molecule has 1 fully saturated rings. The van der Waals surface area contributed by atoms with E-state index in [-0.39, 0.29) is 5.82 Å². The predicted molar refractivity (Wildman–Crippen MR) is 94.4 cm³/mol. The third kappa shape index (κ3) is 4.22. The van der Waals surface area contributed by atoms with E-state index in [0.29, 0.717) is 6.04 Å². The number of nitrogens with zero attached hydrogens (tertiary/aromatic N) is 4. The van der Waals surface area contributed by atoms with Crippen LogP contribution in [-0.2, 0) is 13.1 Å². The van der Waals surface area contributed by atoms with Crippen molar-refractivity contribution >= 4 is 0 Å². The Kier molecular flexibility index (Phi) is 5.31. The first-order chi connectivity index (χ1) is 11.5. The molecule has 1 atom stereocenters. The third-order valence-electron chi connectivity index (χ3n) is 4.89. The van der Waals surface area contributed by atoms with Gasteiger partial charge < -0.3 is 0 Å². The van der Waals surface area contributed by atoms with Gasteiger partial charge in [-0.3, -0.25) is 14.5 Å². The van der Waals surface area contributed by atoms with E-state index in [1.807, 2.05) is 19.1 Å². The van der Waals surface area contributed by atoms with Crippen LogP contribution in [0.15, 0.2) is 30.3 Å². The van der Waals surface area contributed by atoms with Crippen LogP contribution in [0, 0.1) is 19.7 Å². The van der Waals surface area contributed by atoms with Crippen LogP contribution < -0.4 is 0 Å². The van der Waals surface area contributed by atoms with Gasteiger partial charge in [-0.05, 0) is 44.5 Å². The molecule has 0 bridgehead atoms. The minimum atomic E-state index is -0.165. The summed E-state index contributed by atoms with van der Waals surface area (Å²) in [6, 6.07) is 9.47. The highest BCUT2D eigenvalue weighted by molar-refractivity contribution is 5.16. The lowest BCUT2D eigenvalue weighted by molar-refractivity contribution is 0.0894. The molecule has 0 aliphatic carbocycles. The number of piperazine rings is 1. The van der Waals surface area contributed by atoms with Gasteiger partial charge in [-0.25, -0.2) is 4.39 Å². The van der Waals surface area contributed by atoms with E-state index in [1.165, 1.54) is 11.3 Å². The highest BCUT2D eigenvalue weighted by Gasteiger charge is 2.22. The molecule has 24 heavy (non-hydrogen) atoms. The molecule has 0 amide bonds. The van der Waals surface area contributed by atoms with Crippen molar-refractivity contribution in [2.45, 2.75) is 39.9 Å². The van der Waals surface area contributed by atoms with Crippen LogP contribution in [0.2, 0.25) is 0 Å². The number of hydrogen-bond donors (Lipinski definition) is 0. The van der Waals surface area contributed by atoms with Gasteiger partial charge in [0.1, 0.15) is 5.82 Å². The quantitative estimate of drug-likeness (QED) is 0.842. The normalized spacial score (nSPS) is 18.0. The number of aryl methyl sites for hydroxylation is 2. The van der Waals surface area contributed by atoms with Gasteiger partial charge in [-0.2, -0.15) is 5.10 Å². The van der Waals surface area contributed by atoms with Crippen molar-refractivity contribution in [2.24, 2.45) is 0 Å². The first-order valence-electron chi connectivity index (χ1n) is 8.73. The maximum atomic E-state index is 13.0. The Morgan fingerprint density at radius 1 is 1.08 bits per heavy atom. The van der Waals surface area contributed by atoms with Gasteiger partial charge in [0.2, 0.25) is 0 Å². The molecular formula is C19H27FN4. The summed E-state index contributed by atoms with van der Waals surface area (Å²) in [5.74, 6) is -0.165. The fourth-order valence-corrected chi connectivity index (χ4v) is 3.44. The van der Waals surface area contributed by atoms with Crippen LogP contribution in [0.4, 0.5) is 4.39 Å². The molecule has 130 valence electrons. The Morgan fingerprint density at radius 2 is 1.75 bits per heavy atom. The van der Waals surface area contributed by atoms with Crippen LogP contribution in [0.3, 0.4) is 0 Å². The lowest BCUT2D eigenvalue weighted by Gasteiger charge is -2.38. The van der Waals surface area contributed by atoms with Crippen molar-refractivity contribution in [1.82, 2.24) is 19.6 Å². The summed E-state index contributed by atoms with van der Waals surface area (Å²) in [6.45, 7) is 12.5. The van der Waals surface area contributed by atoms with Crippen LogP contribution in [-0.4, -0.2) is 51.8 Å². The SMILES string of the molecule is Cc1cc(C)n(C[C@H](C)N2CCN(Cc3ccc(F)cc3)CC2)n1. The van der Waals surface area contributed by atoms with E-state index in [1.54, 1.807) is 12.1 Å². The van der Waals surface area contributed by atoms with E-state index < -0.39 is 0 Å². The topological polar surface area (TPSA) is 24.3 Å². The number of aromatic nitrogens is 2. The van der Waals surface area contributed by atoms with Crippen LogP contribution in [0.5, 0.6) is 0 Å². The molecule has 1 saturated heterocycles. The van der Waals surface area contributed by atoms with E-state index in [2.05, 4.69) is 39.5 Å². The van der Waals surface area contributed by atoms with Crippen molar-refractivity contribution in [3.8, 4) is 0 Å². The highest BCUT2D eigenvalue weighted by atomic mass is 19.1. The van der Waals surface area contributed by atoms with Crippen molar-refractivity contribution in [2.75, 3.05) is 26.2 Å². The lowest BCUT2D eigenvalue weighted by atomic mass is 10.1. The summed E-state index contributed by atoms with van der Waals surface area (Å²) in [4.78, 5) is 4.98. The Hall–Kier alpha value is -1.72. The maximum Gasteiger partial charge on any atom is 0.123 e. The van der Waals surface area contributed by atoms with E-state index in [9.17, 15) is 4.39 Å². The fourth-order valence-electron chi connectivity index (χ4n) is 3.44. The molecular weight excluding hydrogens is 303 g/mol. The van der Waals surface area contributed by atoms with Gasteiger partial charge in [0, 0.05) is 44.5 Å². The fraction of sp³-hybridized carbons (Fsp3) is 0.526. The monoisotopic (exact) mass is 330 g/mol. The minimum Gasteiger partial charge on any atom is -0.297 e. The predicted octanol–water partition coefficient (Wildman–Crippen LogP) is 2.85. The van der Waals surface area contributed by atoms with Crippen LogP contribution >= 0.6 is 0 Å². The zero-order valence-electron chi connectivity index (χ0n) is 14.9. The highest BCUT2D eigenvalue weighted by Crippen LogP contribution is 2.13. The maximum absolute atomic E-state index is 13.0. The van der Waals surface area contributed by atoms with Crippen LogP contribution in [0.1, 0.15) is 23.9 Å². The van der Waals surface area contributed by atoms with Crippen molar-refractivity contribution in [1.29, 1.82) is 0 Å². The van der Waals surface area contributed by atoms with Crippen molar-refractivity contribution < 1.29 is 4.39 Å². The van der Waals surface area contributed by atoms with Crippen molar-refractivity contribution in [3.63, 3.8) is 0 Å². The summed E-state index contributed by atoms with van der Waals surface area (Å²) < 4.78 is 15.1. The average molecular weight is 330 g/mol. The summed E-state index contributed by atoms with van der Waals surface area (Å²) in [5.41, 5.74) is 3.50. The lowest BCUT2D eigenvalue weighted by Crippen LogP contribution is -2.50. The van der Waals surface area contributed by atoms with Crippen molar-refractivity contribution in [3.05, 3.63) is 53.1 Å². The number of rotatable bonds is 5. The average Bonchev–Trinajstić information content (AvgIpc) is 2.88. The molecule has 0 spiro atoms. The van der Waals surface area contributed by atoms with Gasteiger partial charge in [-0.15, -0.1) is 0 Å². The molecule has 3 rings (SSSR count). The molecule has 0 radical (unpaired) electrons. The third-order valence-corrected chi connectivity index (χ3v) is 4.89. The number of halogens is 1. The largest absolute Gasteiger partial charge is 0.297 e. The van der Waals surface area contributed by atoms with E-state index in [4.69, 9.17) is 0 Å². The summed E-state index contributed by atoms with van der Waals surface area (Å²) in [5, 5.41) is 4.57. The minimum absolute atomic E-state index is 0.165. The number of benzene rings is 1. The first-order valence-corrected chi connectivity index (χ1v) is 8.73. The smallest absolute Gasteiger partial charge is 0.123 e. The second-order valence-electron chi connectivity index (χ2n) is 6.90. The summed E-state index contributed by atoms with van der Waals surface area (Å²) in [6.07, 6.45) is 0. The zero-order chi connectivity index (χ0) is 17.1. The van der Waals surface area contributed by atoms with Gasteiger partial charge in [0.05, 0.1) is 12.2 Å². The molecule has 0 N–H and O–H groups in total. The Balaban J connectivity index is 1.49. The van der Waals surface area contributed by atoms with Crippen LogP contribution in [0.25, 0.3) is 0 Å². The summed E-state index contributed by atoms with van der Waals surface area (Å²) in [7, 11) is 0. The van der Waals surface area contributed by atoms with Gasteiger partial charge in [-0.1, -0.05) is 12.1 Å². The zero-order valence-corrected chi connectivity index (χ0v) is 14.9. The molecule has 1 aliphatic rings. The summed E-state index contributed by atoms with van der Waals surface area (Å²) >= 11 is 0. The molecule has 0 saturated carbocycles. The molecule has 2 heterocycles. The Labute approximate surface area is 143 Å². The van der Waals surface area contributed by atoms with E-state index >= 15 is 0 Å². The molecule has 2 aromatic rings. The molecule has 4 nitrogen and oxygen atoms in total. The standard InChI is InChI=1S/C19H27FN4/c1-15-12-16(2)24(21-15)13-17(3)23-10-8-22(9-11-23)14-18-4-6-19(20)7-5-18/h4-7,12,17H,8-11,13-14H2,1-3H3/t17-/m0/s1. The van der Waals surface area contributed by atoms with E-state index in [0.717, 1.165) is 45.0 Å².